The summed E-state index contributed by atoms with van der Waals surface area (Å²) in [6.45, 7) is 1.99. The third-order valence-corrected chi connectivity index (χ3v) is 3.84. The van der Waals surface area contributed by atoms with E-state index in [4.69, 9.17) is 9.15 Å². The van der Waals surface area contributed by atoms with Crippen LogP contribution >= 0.6 is 0 Å². The largest absolute Gasteiger partial charge is 0.496 e. The fourth-order valence-electron chi connectivity index (χ4n) is 2.56. The van der Waals surface area contributed by atoms with Crippen LogP contribution < -0.4 is 10.1 Å². The lowest BCUT2D eigenvalue weighted by Crippen LogP contribution is -2.18. The molecule has 0 bridgehead atoms. The van der Waals surface area contributed by atoms with Gasteiger partial charge in [-0.25, -0.2) is 4.98 Å². The van der Waals surface area contributed by atoms with Crippen LogP contribution in [0.4, 0.5) is 0 Å². The van der Waals surface area contributed by atoms with Gasteiger partial charge in [0.15, 0.2) is 5.58 Å². The van der Waals surface area contributed by atoms with Crippen molar-refractivity contribution in [3.8, 4) is 17.2 Å². The van der Waals surface area contributed by atoms with Crippen molar-refractivity contribution in [3.05, 3.63) is 59.9 Å². The second-order valence-electron chi connectivity index (χ2n) is 6.13. The molecule has 6 heteroatoms. The van der Waals surface area contributed by atoms with E-state index in [-0.39, 0.29) is 5.91 Å². The highest BCUT2D eigenvalue weighted by atomic mass is 16.5. The maximum atomic E-state index is 12.5. The Balaban J connectivity index is 2.01. The van der Waals surface area contributed by atoms with Gasteiger partial charge < -0.3 is 19.4 Å². The SMILES string of the molecule is COc1cc(C)ccc1-c1nc2c(C(=O)NC=CN(C)C)cccc2o1. The molecule has 0 aliphatic carbocycles. The Morgan fingerprint density at radius 3 is 2.81 bits per heavy atom. The van der Waals surface area contributed by atoms with E-state index in [0.717, 1.165) is 11.1 Å². The molecule has 1 N–H and O–H groups in total. The van der Waals surface area contributed by atoms with Crippen molar-refractivity contribution in [1.29, 1.82) is 0 Å². The summed E-state index contributed by atoms with van der Waals surface area (Å²) in [6.07, 6.45) is 3.34. The van der Waals surface area contributed by atoms with Crippen LogP contribution in [-0.4, -0.2) is 37.0 Å². The number of rotatable bonds is 5. The lowest BCUT2D eigenvalue weighted by Gasteiger charge is -2.05. The fourth-order valence-corrected chi connectivity index (χ4v) is 2.56. The molecule has 0 radical (unpaired) electrons. The molecule has 3 aromatic rings. The van der Waals surface area contributed by atoms with Crippen LogP contribution in [0.5, 0.6) is 5.75 Å². The summed E-state index contributed by atoms with van der Waals surface area (Å²) in [7, 11) is 5.36. The minimum absolute atomic E-state index is 0.246. The third-order valence-electron chi connectivity index (χ3n) is 3.84. The molecule has 0 saturated carbocycles. The van der Waals surface area contributed by atoms with Crippen molar-refractivity contribution >= 4 is 17.0 Å². The first-order valence-electron chi connectivity index (χ1n) is 8.18. The number of nitrogens with one attached hydrogen (secondary N) is 1. The fraction of sp³-hybridized carbons (Fsp3) is 0.200. The lowest BCUT2D eigenvalue weighted by atomic mass is 10.1. The molecule has 26 heavy (non-hydrogen) atoms. The number of hydrogen-bond acceptors (Lipinski definition) is 5. The van der Waals surface area contributed by atoms with Gasteiger partial charge in [-0.2, -0.15) is 0 Å². The molecule has 0 aliphatic heterocycles. The molecular formula is C20H21N3O3. The van der Waals surface area contributed by atoms with Crippen LogP contribution in [0.1, 0.15) is 15.9 Å². The number of hydrogen-bond donors (Lipinski definition) is 1. The number of fused-ring (bicyclic) bond motifs is 1. The summed E-state index contributed by atoms with van der Waals surface area (Å²) >= 11 is 0. The highest BCUT2D eigenvalue weighted by Crippen LogP contribution is 2.33. The predicted octanol–water partition coefficient (Wildman–Crippen LogP) is 3.57. The monoisotopic (exact) mass is 351 g/mol. The van der Waals surface area contributed by atoms with E-state index in [2.05, 4.69) is 10.3 Å². The van der Waals surface area contributed by atoms with Gasteiger partial charge in [-0.3, -0.25) is 4.79 Å². The Morgan fingerprint density at radius 2 is 2.08 bits per heavy atom. The third kappa shape index (κ3) is 3.54. The standard InChI is InChI=1S/C20H21N3O3/c1-13-8-9-14(17(12-13)25-4)20-22-18-15(6-5-7-16(18)26-20)19(24)21-10-11-23(2)3/h5-12H,1-4H3,(H,21,24). The number of benzene rings is 2. The molecule has 134 valence electrons. The number of ether oxygens (including phenoxy) is 1. The minimum atomic E-state index is -0.246. The molecule has 1 aromatic heterocycles. The number of carbonyl (C=O) groups excluding carboxylic acids is 1. The summed E-state index contributed by atoms with van der Waals surface area (Å²) in [5.74, 6) is 0.849. The normalized spacial score (nSPS) is 11.1. The lowest BCUT2D eigenvalue weighted by molar-refractivity contribution is 0.0971. The molecule has 0 atom stereocenters. The summed E-state index contributed by atoms with van der Waals surface area (Å²) in [5, 5.41) is 2.73. The molecule has 1 amide bonds. The molecule has 6 nitrogen and oxygen atoms in total. The number of amides is 1. The van der Waals surface area contributed by atoms with Gasteiger partial charge in [-0.05, 0) is 36.8 Å². The van der Waals surface area contributed by atoms with Crippen molar-refractivity contribution in [3.63, 3.8) is 0 Å². The van der Waals surface area contributed by atoms with E-state index in [0.29, 0.717) is 28.3 Å². The van der Waals surface area contributed by atoms with Crippen LogP contribution in [0.25, 0.3) is 22.6 Å². The van der Waals surface area contributed by atoms with Crippen LogP contribution in [-0.2, 0) is 0 Å². The van der Waals surface area contributed by atoms with Gasteiger partial charge in [0.05, 0.1) is 18.2 Å². The zero-order valence-corrected chi connectivity index (χ0v) is 15.2. The Bertz CT molecular complexity index is 974. The number of carbonyl (C=O) groups is 1. The average Bonchev–Trinajstić information content (AvgIpc) is 3.04. The first-order valence-corrected chi connectivity index (χ1v) is 8.18. The average molecular weight is 351 g/mol. The topological polar surface area (TPSA) is 67.6 Å². The highest BCUT2D eigenvalue weighted by Gasteiger charge is 2.17. The van der Waals surface area contributed by atoms with E-state index in [9.17, 15) is 4.79 Å². The number of aromatic nitrogens is 1. The van der Waals surface area contributed by atoms with E-state index in [1.807, 2.05) is 44.1 Å². The first-order chi connectivity index (χ1) is 12.5. The zero-order chi connectivity index (χ0) is 18.7. The van der Waals surface area contributed by atoms with E-state index in [1.165, 1.54) is 0 Å². The Morgan fingerprint density at radius 1 is 1.27 bits per heavy atom. The summed E-state index contributed by atoms with van der Waals surface area (Å²) in [4.78, 5) is 18.8. The molecule has 0 unspecified atom stereocenters. The van der Waals surface area contributed by atoms with Gasteiger partial charge >= 0.3 is 0 Å². The Hall–Kier alpha value is -3.28. The molecule has 0 spiro atoms. The van der Waals surface area contributed by atoms with E-state index < -0.39 is 0 Å². The molecule has 3 rings (SSSR count). The predicted molar refractivity (Wildman–Crippen MR) is 101 cm³/mol. The molecular weight excluding hydrogens is 330 g/mol. The van der Waals surface area contributed by atoms with Gasteiger partial charge in [0.1, 0.15) is 11.3 Å². The highest BCUT2D eigenvalue weighted by molar-refractivity contribution is 6.05. The van der Waals surface area contributed by atoms with Crippen molar-refractivity contribution in [1.82, 2.24) is 15.2 Å². The van der Waals surface area contributed by atoms with Gasteiger partial charge in [-0.1, -0.05) is 12.1 Å². The Kier molecular flexibility index (Phi) is 4.93. The van der Waals surface area contributed by atoms with Crippen molar-refractivity contribution in [2.24, 2.45) is 0 Å². The van der Waals surface area contributed by atoms with Crippen molar-refractivity contribution in [2.45, 2.75) is 6.92 Å². The first kappa shape index (κ1) is 17.5. The second kappa shape index (κ2) is 7.31. The van der Waals surface area contributed by atoms with Gasteiger partial charge in [0.25, 0.3) is 5.91 Å². The zero-order valence-electron chi connectivity index (χ0n) is 15.2. The van der Waals surface area contributed by atoms with Crippen LogP contribution in [0, 0.1) is 6.92 Å². The number of para-hydroxylation sites is 1. The van der Waals surface area contributed by atoms with E-state index in [1.54, 1.807) is 37.7 Å². The molecule has 0 aliphatic rings. The minimum Gasteiger partial charge on any atom is -0.496 e. The van der Waals surface area contributed by atoms with Crippen molar-refractivity contribution < 1.29 is 13.9 Å². The molecule has 0 saturated heterocycles. The Labute approximate surface area is 152 Å². The maximum Gasteiger partial charge on any atom is 0.257 e. The van der Waals surface area contributed by atoms with Gasteiger partial charge in [0.2, 0.25) is 5.89 Å². The van der Waals surface area contributed by atoms with Crippen molar-refractivity contribution in [2.75, 3.05) is 21.2 Å². The molecule has 2 aromatic carbocycles. The van der Waals surface area contributed by atoms with E-state index >= 15 is 0 Å². The summed E-state index contributed by atoms with van der Waals surface area (Å²) in [6, 6.07) is 11.1. The summed E-state index contributed by atoms with van der Waals surface area (Å²) in [5.41, 5.74) is 3.34. The second-order valence-corrected chi connectivity index (χ2v) is 6.13. The van der Waals surface area contributed by atoms with Crippen LogP contribution in [0.2, 0.25) is 0 Å². The maximum absolute atomic E-state index is 12.5. The van der Waals surface area contributed by atoms with Crippen LogP contribution in [0.3, 0.4) is 0 Å². The smallest absolute Gasteiger partial charge is 0.257 e. The van der Waals surface area contributed by atoms with Crippen LogP contribution in [0.15, 0.2) is 53.2 Å². The molecule has 1 heterocycles. The number of nitrogens with zero attached hydrogens (tertiary/aromatic N) is 2. The molecule has 0 fully saturated rings. The number of methoxy groups -OCH3 is 1. The summed E-state index contributed by atoms with van der Waals surface area (Å²) < 4.78 is 11.3. The number of oxazole rings is 1. The van der Waals surface area contributed by atoms with Gasteiger partial charge in [0, 0.05) is 26.5 Å². The van der Waals surface area contributed by atoms with Gasteiger partial charge in [-0.15, -0.1) is 0 Å². The quantitative estimate of drug-likeness (QED) is 0.761. The number of aryl methyl sites for hydroxylation is 1.